The molecule has 2 aliphatic rings. The van der Waals surface area contributed by atoms with Gasteiger partial charge in [-0.2, -0.15) is 5.26 Å². The fraction of sp³-hybridized carbons (Fsp3) is 0.636. The quantitative estimate of drug-likeness (QED) is 0.280. The van der Waals surface area contributed by atoms with E-state index in [1.54, 1.807) is 6.20 Å². The topological polar surface area (TPSA) is 118 Å². The average molecular weight is 612 g/mol. The molecule has 2 N–H and O–H groups in total. The Bertz CT molecular complexity index is 1250. The number of anilines is 1. The van der Waals surface area contributed by atoms with Crippen molar-refractivity contribution in [3.63, 3.8) is 0 Å². The molecule has 2 aromatic heterocycles. The second-order valence-electron chi connectivity index (χ2n) is 13.0. The first-order valence-corrected chi connectivity index (χ1v) is 15.8. The number of ether oxygens (including phenoxy) is 3. The highest BCUT2D eigenvalue weighted by atomic mass is 35.5. The zero-order chi connectivity index (χ0) is 30.9. The zero-order valence-electron chi connectivity index (χ0n) is 26.0. The van der Waals surface area contributed by atoms with E-state index in [0.29, 0.717) is 43.3 Å². The summed E-state index contributed by atoms with van der Waals surface area (Å²) < 4.78 is 16.3. The molecule has 10 heteroatoms. The summed E-state index contributed by atoms with van der Waals surface area (Å²) in [5, 5.41) is 17.4. The number of pyridine rings is 2. The van der Waals surface area contributed by atoms with Crippen molar-refractivity contribution < 1.29 is 19.0 Å². The van der Waals surface area contributed by atoms with Gasteiger partial charge in [-0.3, -0.25) is 4.98 Å². The Morgan fingerprint density at radius 1 is 1.23 bits per heavy atom. The van der Waals surface area contributed by atoms with Gasteiger partial charge in [0.25, 0.3) is 0 Å². The van der Waals surface area contributed by atoms with E-state index >= 15 is 0 Å². The van der Waals surface area contributed by atoms with Gasteiger partial charge in [0.1, 0.15) is 18.0 Å². The Morgan fingerprint density at radius 2 is 1.98 bits per heavy atom. The minimum Gasteiger partial charge on any atom is -0.458 e. The van der Waals surface area contributed by atoms with Gasteiger partial charge in [-0.25, -0.2) is 9.78 Å². The Morgan fingerprint density at radius 3 is 2.67 bits per heavy atom. The maximum atomic E-state index is 11.9. The summed E-state index contributed by atoms with van der Waals surface area (Å²) in [6.07, 6.45) is 8.48. The van der Waals surface area contributed by atoms with E-state index in [9.17, 15) is 10.1 Å². The molecule has 1 atom stereocenters. The molecule has 1 unspecified atom stereocenters. The number of carbonyl (C=O) groups is 1. The van der Waals surface area contributed by atoms with Crippen molar-refractivity contribution in [2.24, 2.45) is 11.3 Å². The van der Waals surface area contributed by atoms with Gasteiger partial charge < -0.3 is 24.8 Å². The molecule has 0 radical (unpaired) electrons. The SMILES string of the molecule is CC(COCC(=O)OC(C)(C)C)NC1CCC(Cc2cc(-c3cccc(NCC4(C#N)CCOCC4)n3)c(Cl)cn2)CC1. The molecule has 234 valence electrons. The molecule has 1 aliphatic heterocycles. The van der Waals surface area contributed by atoms with Gasteiger partial charge in [-0.05, 0) is 96.8 Å². The molecule has 2 aromatic rings. The van der Waals surface area contributed by atoms with Crippen LogP contribution in [-0.4, -0.2) is 66.6 Å². The third-order valence-corrected chi connectivity index (χ3v) is 8.41. The van der Waals surface area contributed by atoms with Gasteiger partial charge >= 0.3 is 5.97 Å². The highest BCUT2D eigenvalue weighted by Gasteiger charge is 2.32. The van der Waals surface area contributed by atoms with E-state index in [1.807, 2.05) is 39.0 Å². The first kappa shape index (κ1) is 33.1. The van der Waals surface area contributed by atoms with Crippen LogP contribution in [0.3, 0.4) is 0 Å². The van der Waals surface area contributed by atoms with Crippen LogP contribution in [0.1, 0.15) is 71.9 Å². The minimum absolute atomic E-state index is 0.0276. The lowest BCUT2D eigenvalue weighted by molar-refractivity contribution is -0.160. The van der Waals surface area contributed by atoms with Gasteiger partial charge in [-0.15, -0.1) is 0 Å². The number of nitrogens with zero attached hydrogens (tertiary/aromatic N) is 3. The van der Waals surface area contributed by atoms with E-state index in [0.717, 1.165) is 67.7 Å². The zero-order valence-corrected chi connectivity index (χ0v) is 26.7. The van der Waals surface area contributed by atoms with Crippen molar-refractivity contribution in [3.05, 3.63) is 41.2 Å². The minimum atomic E-state index is -0.500. The largest absolute Gasteiger partial charge is 0.458 e. The predicted octanol–water partition coefficient (Wildman–Crippen LogP) is 5.97. The number of nitrogens with one attached hydrogen (secondary N) is 2. The molecule has 1 aliphatic carbocycles. The first-order valence-electron chi connectivity index (χ1n) is 15.4. The summed E-state index contributed by atoms with van der Waals surface area (Å²) in [6, 6.07) is 11.0. The third-order valence-electron chi connectivity index (χ3n) is 8.10. The number of esters is 1. The highest BCUT2D eigenvalue weighted by molar-refractivity contribution is 6.33. The molecular weight excluding hydrogens is 566 g/mol. The fourth-order valence-electron chi connectivity index (χ4n) is 5.79. The van der Waals surface area contributed by atoms with Crippen LogP contribution in [0.2, 0.25) is 5.02 Å². The van der Waals surface area contributed by atoms with Crippen LogP contribution in [0.25, 0.3) is 11.3 Å². The number of nitriles is 1. The molecule has 0 amide bonds. The van der Waals surface area contributed by atoms with Crippen molar-refractivity contribution in [2.75, 3.05) is 38.3 Å². The standard InChI is InChI=1S/C33H46ClN5O4/c1-23(19-42-20-31(40)43-32(2,3)4)38-25-10-8-24(9-11-25)16-26-17-27(28(34)18-36-26)29-6-5-7-30(39-29)37-22-33(21-35)12-14-41-15-13-33/h5-7,17-18,23-25,38H,8-16,19-20,22H2,1-4H3,(H,37,39). The maximum Gasteiger partial charge on any atom is 0.332 e. The van der Waals surface area contributed by atoms with Gasteiger partial charge in [0.05, 0.1) is 28.8 Å². The van der Waals surface area contributed by atoms with E-state index in [2.05, 4.69) is 34.7 Å². The van der Waals surface area contributed by atoms with Crippen LogP contribution in [0.15, 0.2) is 30.5 Å². The monoisotopic (exact) mass is 611 g/mol. The Balaban J connectivity index is 1.25. The van der Waals surface area contributed by atoms with Crippen molar-refractivity contribution in [1.29, 1.82) is 5.26 Å². The van der Waals surface area contributed by atoms with Crippen molar-refractivity contribution in [3.8, 4) is 17.3 Å². The summed E-state index contributed by atoms with van der Waals surface area (Å²) in [7, 11) is 0. The van der Waals surface area contributed by atoms with Gasteiger partial charge in [0.2, 0.25) is 0 Å². The summed E-state index contributed by atoms with van der Waals surface area (Å²) in [5.74, 6) is 0.947. The Labute approximate surface area is 261 Å². The van der Waals surface area contributed by atoms with Crippen molar-refractivity contribution in [1.82, 2.24) is 15.3 Å². The van der Waals surface area contributed by atoms with E-state index in [4.69, 9.17) is 30.8 Å². The number of carbonyl (C=O) groups excluding carboxylic acids is 1. The number of aromatic nitrogens is 2. The second kappa shape index (κ2) is 15.3. The molecule has 9 nitrogen and oxygen atoms in total. The van der Waals surface area contributed by atoms with E-state index in [-0.39, 0.29) is 18.6 Å². The number of halogens is 1. The Kier molecular flexibility index (Phi) is 11.8. The van der Waals surface area contributed by atoms with Crippen LogP contribution in [-0.2, 0) is 25.4 Å². The fourth-order valence-corrected chi connectivity index (χ4v) is 5.99. The molecule has 0 bridgehead atoms. The predicted molar refractivity (Wildman–Crippen MR) is 168 cm³/mol. The smallest absolute Gasteiger partial charge is 0.332 e. The van der Waals surface area contributed by atoms with Crippen LogP contribution < -0.4 is 10.6 Å². The molecule has 0 spiro atoms. The molecule has 0 aromatic carbocycles. The third kappa shape index (κ3) is 10.4. The summed E-state index contributed by atoms with van der Waals surface area (Å²) in [5.41, 5.74) is 1.74. The lowest BCUT2D eigenvalue weighted by atomic mass is 9.82. The van der Waals surface area contributed by atoms with Crippen molar-refractivity contribution in [2.45, 2.75) is 90.3 Å². The van der Waals surface area contributed by atoms with Gasteiger partial charge in [0, 0.05) is 49.3 Å². The van der Waals surface area contributed by atoms with E-state index < -0.39 is 11.0 Å². The van der Waals surface area contributed by atoms with Gasteiger partial charge in [-0.1, -0.05) is 17.7 Å². The van der Waals surface area contributed by atoms with Crippen LogP contribution >= 0.6 is 11.6 Å². The molecule has 4 rings (SSSR count). The lowest BCUT2D eigenvalue weighted by Gasteiger charge is -2.31. The van der Waals surface area contributed by atoms with Crippen LogP contribution in [0.4, 0.5) is 5.82 Å². The molecular formula is C33H46ClN5O4. The van der Waals surface area contributed by atoms with Crippen molar-refractivity contribution >= 4 is 23.4 Å². The van der Waals surface area contributed by atoms with E-state index in [1.165, 1.54) is 0 Å². The average Bonchev–Trinajstić information content (AvgIpc) is 2.98. The molecule has 2 fully saturated rings. The highest BCUT2D eigenvalue weighted by Crippen LogP contribution is 2.33. The van der Waals surface area contributed by atoms with Crippen LogP contribution in [0.5, 0.6) is 0 Å². The normalized spacial score (nSPS) is 21.0. The molecule has 1 saturated heterocycles. The summed E-state index contributed by atoms with van der Waals surface area (Å²) >= 11 is 6.59. The summed E-state index contributed by atoms with van der Waals surface area (Å²) in [4.78, 5) is 21.3. The first-order chi connectivity index (χ1) is 20.5. The Hall–Kier alpha value is -2.77. The van der Waals surface area contributed by atoms with Crippen LogP contribution in [0, 0.1) is 22.7 Å². The maximum absolute atomic E-state index is 11.9. The molecule has 3 heterocycles. The van der Waals surface area contributed by atoms with Gasteiger partial charge in [0.15, 0.2) is 0 Å². The number of rotatable bonds is 12. The second-order valence-corrected chi connectivity index (χ2v) is 13.4. The number of hydrogen-bond donors (Lipinski definition) is 2. The number of hydrogen-bond acceptors (Lipinski definition) is 9. The lowest BCUT2D eigenvalue weighted by Crippen LogP contribution is -2.41. The summed E-state index contributed by atoms with van der Waals surface area (Å²) in [6.45, 7) is 9.84. The molecule has 1 saturated carbocycles. The molecule has 43 heavy (non-hydrogen) atoms.